The van der Waals surface area contributed by atoms with Gasteiger partial charge in [0.05, 0.1) is 10.3 Å². The minimum atomic E-state index is -3.55. The fourth-order valence-electron chi connectivity index (χ4n) is 1.73. The second-order valence-electron chi connectivity index (χ2n) is 4.07. The lowest BCUT2D eigenvalue weighted by Gasteiger charge is -2.18. The van der Waals surface area contributed by atoms with Crippen LogP contribution in [-0.2, 0) is 14.8 Å². The molecule has 5 nitrogen and oxygen atoms in total. The van der Waals surface area contributed by atoms with E-state index in [9.17, 15) is 13.2 Å². The first-order valence-electron chi connectivity index (χ1n) is 5.41. The van der Waals surface area contributed by atoms with Gasteiger partial charge in [0.15, 0.2) is 0 Å². The summed E-state index contributed by atoms with van der Waals surface area (Å²) in [7, 11) is -1.85. The molecule has 2 heterocycles. The lowest BCUT2D eigenvalue weighted by molar-refractivity contribution is -0.129. The molecule has 1 fully saturated rings. The number of thiophene rings is 1. The largest absolute Gasteiger partial charge is 0.345 e. The maximum Gasteiger partial charge on any atom is 0.253 e. The zero-order chi connectivity index (χ0) is 13.3. The van der Waals surface area contributed by atoms with Crippen molar-refractivity contribution in [2.75, 3.05) is 26.7 Å². The molecule has 1 aliphatic heterocycles. The van der Waals surface area contributed by atoms with Crippen LogP contribution < -0.4 is 0 Å². The van der Waals surface area contributed by atoms with E-state index in [0.29, 0.717) is 19.5 Å². The van der Waals surface area contributed by atoms with Gasteiger partial charge in [0, 0.05) is 20.1 Å². The second kappa shape index (κ2) is 5.28. The highest BCUT2D eigenvalue weighted by atomic mass is 79.9. The molecule has 0 saturated carbocycles. The first-order chi connectivity index (χ1) is 8.41. The molecule has 0 atom stereocenters. The van der Waals surface area contributed by atoms with Gasteiger partial charge >= 0.3 is 0 Å². The molecule has 1 aliphatic rings. The molecule has 18 heavy (non-hydrogen) atoms. The molecule has 1 aromatic rings. The number of hydrogen-bond acceptors (Lipinski definition) is 4. The van der Waals surface area contributed by atoms with Gasteiger partial charge in [0.1, 0.15) is 4.21 Å². The van der Waals surface area contributed by atoms with Gasteiger partial charge < -0.3 is 4.90 Å². The van der Waals surface area contributed by atoms with Crippen molar-refractivity contribution < 1.29 is 13.2 Å². The Morgan fingerprint density at radius 1 is 1.33 bits per heavy atom. The van der Waals surface area contributed by atoms with Gasteiger partial charge in [-0.1, -0.05) is 0 Å². The van der Waals surface area contributed by atoms with Gasteiger partial charge in [-0.15, -0.1) is 11.3 Å². The first-order valence-corrected chi connectivity index (χ1v) is 8.45. The van der Waals surface area contributed by atoms with E-state index >= 15 is 0 Å². The predicted octanol–water partition coefficient (Wildman–Crippen LogP) is 1.36. The fraction of sp³-hybridized carbons (Fsp3) is 0.500. The summed E-state index contributed by atoms with van der Waals surface area (Å²) in [5.41, 5.74) is 0. The predicted molar refractivity (Wildman–Crippen MR) is 73.0 cm³/mol. The van der Waals surface area contributed by atoms with E-state index in [2.05, 4.69) is 15.9 Å². The molecule has 0 unspecified atom stereocenters. The third-order valence-corrected chi connectivity index (χ3v) is 6.72. The number of nitrogens with zero attached hydrogens (tertiary/aromatic N) is 2. The van der Waals surface area contributed by atoms with Crippen molar-refractivity contribution in [3.05, 3.63) is 15.9 Å². The van der Waals surface area contributed by atoms with Gasteiger partial charge in [0.25, 0.3) is 10.0 Å². The van der Waals surface area contributed by atoms with Gasteiger partial charge in [-0.3, -0.25) is 4.79 Å². The molecule has 0 aliphatic carbocycles. The van der Waals surface area contributed by atoms with Crippen molar-refractivity contribution in [2.45, 2.75) is 10.6 Å². The number of halogens is 1. The van der Waals surface area contributed by atoms with Gasteiger partial charge in [-0.25, -0.2) is 8.42 Å². The molecule has 8 heteroatoms. The topological polar surface area (TPSA) is 57.7 Å². The molecule has 1 aromatic heterocycles. The maximum absolute atomic E-state index is 12.4. The van der Waals surface area contributed by atoms with Crippen molar-refractivity contribution in [2.24, 2.45) is 0 Å². The Balaban J connectivity index is 2.27. The summed E-state index contributed by atoms with van der Waals surface area (Å²) in [6, 6.07) is 3.26. The molecular formula is C10H13BrN2O3S2. The quantitative estimate of drug-likeness (QED) is 0.807. The molecule has 0 spiro atoms. The standard InChI is InChI=1S/C10H13BrN2O3S2/c1-12-5-2-6-13(7-9(12)14)18(15,16)10-4-3-8(11)17-10/h3-4H,2,5-7H2,1H3. The smallest absolute Gasteiger partial charge is 0.253 e. The van der Waals surface area contributed by atoms with E-state index in [0.717, 1.165) is 15.1 Å². The van der Waals surface area contributed by atoms with Crippen LogP contribution in [0.15, 0.2) is 20.1 Å². The van der Waals surface area contributed by atoms with Crippen LogP contribution in [0.25, 0.3) is 0 Å². The van der Waals surface area contributed by atoms with Crippen LogP contribution in [0, 0.1) is 0 Å². The first kappa shape index (κ1) is 14.0. The third kappa shape index (κ3) is 2.76. The van der Waals surface area contributed by atoms with E-state index < -0.39 is 10.0 Å². The van der Waals surface area contributed by atoms with E-state index in [-0.39, 0.29) is 16.7 Å². The lowest BCUT2D eigenvalue weighted by atomic mass is 10.4. The van der Waals surface area contributed by atoms with Crippen LogP contribution in [-0.4, -0.2) is 50.2 Å². The molecule has 1 saturated heterocycles. The SMILES string of the molecule is CN1CCCN(S(=O)(=O)c2ccc(Br)s2)CC1=O. The van der Waals surface area contributed by atoms with Crippen LogP contribution in [0.2, 0.25) is 0 Å². The number of amides is 1. The average Bonchev–Trinajstić information content (AvgIpc) is 2.67. The maximum atomic E-state index is 12.4. The molecule has 0 aromatic carbocycles. The Labute approximate surface area is 119 Å². The van der Waals surface area contributed by atoms with Crippen molar-refractivity contribution in [3.63, 3.8) is 0 Å². The van der Waals surface area contributed by atoms with Crippen molar-refractivity contribution in [1.82, 2.24) is 9.21 Å². The summed E-state index contributed by atoms with van der Waals surface area (Å²) in [4.78, 5) is 13.3. The molecule has 0 bridgehead atoms. The number of likely N-dealkylation sites (N-methyl/N-ethyl adjacent to an activating group) is 1. The summed E-state index contributed by atoms with van der Waals surface area (Å²) >= 11 is 4.41. The van der Waals surface area contributed by atoms with E-state index in [4.69, 9.17) is 0 Å². The minimum absolute atomic E-state index is 0.0750. The van der Waals surface area contributed by atoms with E-state index in [1.54, 1.807) is 24.1 Å². The van der Waals surface area contributed by atoms with E-state index in [1.165, 1.54) is 4.31 Å². The number of carbonyl (C=O) groups excluding carboxylic acids is 1. The summed E-state index contributed by atoms with van der Waals surface area (Å²) in [6.45, 7) is 0.904. The van der Waals surface area contributed by atoms with Crippen LogP contribution >= 0.6 is 27.3 Å². The normalized spacial score (nSPS) is 19.0. The van der Waals surface area contributed by atoms with Crippen molar-refractivity contribution >= 4 is 43.2 Å². The number of sulfonamides is 1. The Bertz CT molecular complexity index is 555. The lowest BCUT2D eigenvalue weighted by Crippen LogP contribution is -2.37. The van der Waals surface area contributed by atoms with Crippen LogP contribution in [0.5, 0.6) is 0 Å². The number of carbonyl (C=O) groups is 1. The highest BCUT2D eigenvalue weighted by Crippen LogP contribution is 2.28. The second-order valence-corrected chi connectivity index (χ2v) is 8.69. The van der Waals surface area contributed by atoms with Gasteiger partial charge in [0.2, 0.25) is 5.91 Å². The molecule has 0 N–H and O–H groups in total. The minimum Gasteiger partial charge on any atom is -0.345 e. The van der Waals surface area contributed by atoms with Gasteiger partial charge in [-0.2, -0.15) is 4.31 Å². The number of hydrogen-bond donors (Lipinski definition) is 0. The zero-order valence-corrected chi connectivity index (χ0v) is 13.0. The Morgan fingerprint density at radius 2 is 2.06 bits per heavy atom. The monoisotopic (exact) mass is 352 g/mol. The fourth-order valence-corrected chi connectivity index (χ4v) is 5.32. The Morgan fingerprint density at radius 3 is 2.67 bits per heavy atom. The zero-order valence-electron chi connectivity index (χ0n) is 9.80. The summed E-state index contributed by atoms with van der Waals surface area (Å²) in [5.74, 6) is -0.160. The van der Waals surface area contributed by atoms with Crippen LogP contribution in [0.4, 0.5) is 0 Å². The summed E-state index contributed by atoms with van der Waals surface area (Å²) in [6.07, 6.45) is 0.661. The molecule has 1 amide bonds. The summed E-state index contributed by atoms with van der Waals surface area (Å²) < 4.78 is 27.0. The van der Waals surface area contributed by atoms with Gasteiger partial charge in [-0.05, 0) is 34.5 Å². The molecular weight excluding hydrogens is 340 g/mol. The molecule has 0 radical (unpaired) electrons. The van der Waals surface area contributed by atoms with Crippen molar-refractivity contribution in [1.29, 1.82) is 0 Å². The van der Waals surface area contributed by atoms with Crippen LogP contribution in [0.1, 0.15) is 6.42 Å². The highest BCUT2D eigenvalue weighted by molar-refractivity contribution is 9.11. The highest BCUT2D eigenvalue weighted by Gasteiger charge is 2.30. The molecule has 2 rings (SSSR count). The van der Waals surface area contributed by atoms with Crippen LogP contribution in [0.3, 0.4) is 0 Å². The van der Waals surface area contributed by atoms with Crippen molar-refractivity contribution in [3.8, 4) is 0 Å². The van der Waals surface area contributed by atoms with E-state index in [1.807, 2.05) is 0 Å². The average molecular weight is 353 g/mol. The Hall–Kier alpha value is -0.440. The molecule has 100 valence electrons. The Kier molecular flexibility index (Phi) is 4.10. The third-order valence-electron chi connectivity index (χ3n) is 2.78. The summed E-state index contributed by atoms with van der Waals surface area (Å²) in [5, 5.41) is 0. The number of rotatable bonds is 2.